The largest absolute Gasteiger partial charge is 0.481 e. The number of rotatable bonds is 9. The van der Waals surface area contributed by atoms with Crippen LogP contribution in [0.1, 0.15) is 50.2 Å². The third-order valence-corrected chi connectivity index (χ3v) is 6.39. The Morgan fingerprint density at radius 2 is 1.61 bits per heavy atom. The second-order valence-corrected chi connectivity index (χ2v) is 9.10. The van der Waals surface area contributed by atoms with Crippen LogP contribution in [-0.2, 0) is 14.3 Å². The fourth-order valence-corrected chi connectivity index (χ4v) is 4.53. The summed E-state index contributed by atoms with van der Waals surface area (Å²) in [6.45, 7) is 4.03. The highest BCUT2D eigenvalue weighted by Crippen LogP contribution is 2.44. The molecule has 7 nitrogen and oxygen atoms in total. The maximum atomic E-state index is 13.2. The van der Waals surface area contributed by atoms with E-state index in [0.717, 1.165) is 35.1 Å². The first kappa shape index (κ1) is 22.8. The summed E-state index contributed by atoms with van der Waals surface area (Å²) in [5.74, 6) is -1.42. The van der Waals surface area contributed by atoms with Gasteiger partial charge in [-0.2, -0.15) is 0 Å². The van der Waals surface area contributed by atoms with E-state index in [9.17, 15) is 14.4 Å². The molecule has 2 aromatic rings. The topological polar surface area (TPSA) is 95.9 Å². The van der Waals surface area contributed by atoms with Crippen LogP contribution < -0.4 is 5.32 Å². The third kappa shape index (κ3) is 5.02. The van der Waals surface area contributed by atoms with Crippen molar-refractivity contribution in [3.8, 4) is 11.1 Å². The molecule has 4 rings (SSSR count). The molecular formula is C26H30N2O5. The van der Waals surface area contributed by atoms with E-state index < -0.39 is 18.1 Å². The first-order chi connectivity index (χ1) is 15.9. The van der Waals surface area contributed by atoms with Crippen molar-refractivity contribution in [1.82, 2.24) is 10.2 Å². The summed E-state index contributed by atoms with van der Waals surface area (Å²) in [5, 5.41) is 11.8. The van der Waals surface area contributed by atoms with Gasteiger partial charge in [-0.1, -0.05) is 62.4 Å². The molecule has 0 saturated heterocycles. The van der Waals surface area contributed by atoms with E-state index in [2.05, 4.69) is 29.6 Å². The lowest BCUT2D eigenvalue weighted by molar-refractivity contribution is -0.139. The number of carboxylic acids is 1. The van der Waals surface area contributed by atoms with Gasteiger partial charge < -0.3 is 20.1 Å². The Balaban J connectivity index is 1.42. The number of nitrogens with one attached hydrogen (secondary N) is 1. The van der Waals surface area contributed by atoms with Crippen molar-refractivity contribution in [2.75, 3.05) is 13.2 Å². The van der Waals surface area contributed by atoms with Gasteiger partial charge >= 0.3 is 12.1 Å². The highest BCUT2D eigenvalue weighted by Gasteiger charge is 2.38. The molecule has 0 aromatic heterocycles. The maximum absolute atomic E-state index is 13.2. The molecule has 2 amide bonds. The second-order valence-electron chi connectivity index (χ2n) is 9.10. The molecule has 0 radical (unpaired) electrons. The Morgan fingerprint density at radius 3 is 2.12 bits per heavy atom. The van der Waals surface area contributed by atoms with Crippen LogP contribution in [0.25, 0.3) is 11.1 Å². The van der Waals surface area contributed by atoms with Crippen molar-refractivity contribution in [2.45, 2.75) is 51.1 Å². The van der Waals surface area contributed by atoms with Gasteiger partial charge in [-0.25, -0.2) is 4.79 Å². The van der Waals surface area contributed by atoms with Gasteiger partial charge in [0.25, 0.3) is 0 Å². The fourth-order valence-electron chi connectivity index (χ4n) is 4.53. The molecular weight excluding hydrogens is 420 g/mol. The number of carbonyl (C=O) groups is 3. The van der Waals surface area contributed by atoms with Crippen LogP contribution in [0.15, 0.2) is 48.5 Å². The molecule has 1 saturated carbocycles. The monoisotopic (exact) mass is 450 g/mol. The Bertz CT molecular complexity index is 1000. The molecule has 33 heavy (non-hydrogen) atoms. The quantitative estimate of drug-likeness (QED) is 0.602. The summed E-state index contributed by atoms with van der Waals surface area (Å²) in [6, 6.07) is 15.5. The molecule has 0 unspecified atom stereocenters. The van der Waals surface area contributed by atoms with E-state index in [-0.39, 0.29) is 43.4 Å². The van der Waals surface area contributed by atoms with E-state index in [1.165, 1.54) is 0 Å². The zero-order valence-electron chi connectivity index (χ0n) is 19.0. The molecule has 1 atom stereocenters. The van der Waals surface area contributed by atoms with Crippen LogP contribution in [0, 0.1) is 5.92 Å². The van der Waals surface area contributed by atoms with Crippen molar-refractivity contribution in [3.05, 3.63) is 59.7 Å². The van der Waals surface area contributed by atoms with Crippen molar-refractivity contribution < 1.29 is 24.2 Å². The van der Waals surface area contributed by atoms with E-state index in [1.807, 2.05) is 38.1 Å². The van der Waals surface area contributed by atoms with Gasteiger partial charge in [-0.3, -0.25) is 9.59 Å². The second kappa shape index (κ2) is 9.65. The summed E-state index contributed by atoms with van der Waals surface area (Å²) in [5.41, 5.74) is 4.54. The molecule has 174 valence electrons. The Kier molecular flexibility index (Phi) is 6.67. The molecule has 0 spiro atoms. The summed E-state index contributed by atoms with van der Waals surface area (Å²) in [4.78, 5) is 38.5. The molecule has 1 fully saturated rings. The number of carbonyl (C=O) groups excluding carboxylic acids is 2. The van der Waals surface area contributed by atoms with Gasteiger partial charge in [0, 0.05) is 18.5 Å². The predicted molar refractivity (Wildman–Crippen MR) is 124 cm³/mol. The average Bonchev–Trinajstić information content (AvgIpc) is 3.58. The third-order valence-electron chi connectivity index (χ3n) is 6.39. The number of nitrogens with zero attached hydrogens (tertiary/aromatic N) is 1. The van der Waals surface area contributed by atoms with E-state index in [0.29, 0.717) is 0 Å². The molecule has 2 aromatic carbocycles. The first-order valence-corrected chi connectivity index (χ1v) is 11.5. The van der Waals surface area contributed by atoms with Gasteiger partial charge in [0.15, 0.2) is 0 Å². The normalized spacial score (nSPS) is 15.5. The lowest BCUT2D eigenvalue weighted by Gasteiger charge is -2.29. The fraction of sp³-hybridized carbons (Fsp3) is 0.423. The molecule has 2 aliphatic carbocycles. The zero-order valence-corrected chi connectivity index (χ0v) is 19.0. The number of amides is 2. The van der Waals surface area contributed by atoms with E-state index in [1.54, 1.807) is 4.90 Å². The number of benzene rings is 2. The summed E-state index contributed by atoms with van der Waals surface area (Å²) in [6.07, 6.45) is 0.971. The highest BCUT2D eigenvalue weighted by molar-refractivity contribution is 5.87. The van der Waals surface area contributed by atoms with Gasteiger partial charge in [0.05, 0.1) is 6.42 Å². The van der Waals surface area contributed by atoms with Crippen LogP contribution in [0.3, 0.4) is 0 Å². The minimum Gasteiger partial charge on any atom is -0.481 e. The lowest BCUT2D eigenvalue weighted by atomic mass is 9.98. The van der Waals surface area contributed by atoms with Crippen LogP contribution >= 0.6 is 0 Å². The molecule has 0 bridgehead atoms. The molecule has 2 aliphatic rings. The van der Waals surface area contributed by atoms with E-state index >= 15 is 0 Å². The molecule has 7 heteroatoms. The molecule has 2 N–H and O–H groups in total. The van der Waals surface area contributed by atoms with Crippen molar-refractivity contribution >= 4 is 18.0 Å². The molecule has 0 aliphatic heterocycles. The average molecular weight is 451 g/mol. The van der Waals surface area contributed by atoms with Gasteiger partial charge in [-0.05, 0) is 41.0 Å². The minimum atomic E-state index is -0.945. The smallest absolute Gasteiger partial charge is 0.407 e. The summed E-state index contributed by atoms with van der Waals surface area (Å²) in [7, 11) is 0. The highest BCUT2D eigenvalue weighted by atomic mass is 16.5. The SMILES string of the molecule is CC(C)[C@@H](NC(=O)OCC1c2ccccc2-c2ccccc21)C(=O)N(CCC(=O)O)C1CC1. The Hall–Kier alpha value is -3.35. The van der Waals surface area contributed by atoms with Crippen LogP contribution in [0.4, 0.5) is 4.79 Å². The predicted octanol–water partition coefficient (Wildman–Crippen LogP) is 4.02. The van der Waals surface area contributed by atoms with Crippen LogP contribution in [0.5, 0.6) is 0 Å². The van der Waals surface area contributed by atoms with Crippen LogP contribution in [-0.4, -0.2) is 53.2 Å². The lowest BCUT2D eigenvalue weighted by Crippen LogP contribution is -2.52. The summed E-state index contributed by atoms with van der Waals surface area (Å²) < 4.78 is 5.61. The van der Waals surface area contributed by atoms with Crippen LogP contribution in [0.2, 0.25) is 0 Å². The number of fused-ring (bicyclic) bond motifs is 3. The number of ether oxygens (including phenoxy) is 1. The Labute approximate surface area is 193 Å². The number of hydrogen-bond acceptors (Lipinski definition) is 4. The molecule has 0 heterocycles. The van der Waals surface area contributed by atoms with Crippen molar-refractivity contribution in [3.63, 3.8) is 0 Å². The number of hydrogen-bond donors (Lipinski definition) is 2. The zero-order chi connectivity index (χ0) is 23.5. The number of alkyl carbamates (subject to hydrolysis) is 1. The van der Waals surface area contributed by atoms with Crippen molar-refractivity contribution in [2.24, 2.45) is 5.92 Å². The van der Waals surface area contributed by atoms with E-state index in [4.69, 9.17) is 9.84 Å². The summed E-state index contributed by atoms with van der Waals surface area (Å²) >= 11 is 0. The number of carboxylic acid groups (broad SMARTS) is 1. The van der Waals surface area contributed by atoms with Gasteiger partial charge in [0.1, 0.15) is 12.6 Å². The number of aliphatic carboxylic acids is 1. The Morgan fingerprint density at radius 1 is 1.03 bits per heavy atom. The minimum absolute atomic E-state index is 0.0578. The van der Waals surface area contributed by atoms with Gasteiger partial charge in [0.2, 0.25) is 5.91 Å². The maximum Gasteiger partial charge on any atom is 0.407 e. The van der Waals surface area contributed by atoms with Crippen molar-refractivity contribution in [1.29, 1.82) is 0 Å². The first-order valence-electron chi connectivity index (χ1n) is 11.5. The standard InChI is InChI=1S/C26H30N2O5/c1-16(2)24(25(31)28(17-11-12-17)14-13-23(29)30)27-26(32)33-15-22-20-9-5-3-7-18(20)19-8-4-6-10-21(19)22/h3-10,16-17,22,24H,11-15H2,1-2H3,(H,27,32)(H,29,30)/t24-/m1/s1. The van der Waals surface area contributed by atoms with Gasteiger partial charge in [-0.15, -0.1) is 0 Å².